The van der Waals surface area contributed by atoms with Crippen LogP contribution in [0, 0.1) is 5.82 Å². The number of nitrogens with one attached hydrogen (secondary N) is 1. The summed E-state index contributed by atoms with van der Waals surface area (Å²) < 4.78 is 25.7. The van der Waals surface area contributed by atoms with Crippen molar-refractivity contribution < 1.29 is 18.3 Å². The Morgan fingerprint density at radius 1 is 1.41 bits per heavy atom. The number of aliphatic imine (C=N–C) groups is 1. The van der Waals surface area contributed by atoms with Crippen LogP contribution < -0.4 is 10.1 Å². The van der Waals surface area contributed by atoms with Crippen molar-refractivity contribution in [3.05, 3.63) is 64.6 Å². The minimum absolute atomic E-state index is 0.122. The van der Waals surface area contributed by atoms with Crippen molar-refractivity contribution in [2.75, 3.05) is 6.54 Å². The number of nitrogens with zero attached hydrogens (tertiary/aromatic N) is 3. The second-order valence-electron chi connectivity index (χ2n) is 6.18. The molecule has 1 amide bonds. The lowest BCUT2D eigenvalue weighted by Gasteiger charge is -2.06. The molecule has 0 unspecified atom stereocenters. The van der Waals surface area contributed by atoms with Gasteiger partial charge in [0.1, 0.15) is 35.4 Å². The number of carbonyl (C=O) groups excluding carboxylic acids is 1. The molecule has 9 heteroatoms. The van der Waals surface area contributed by atoms with Crippen LogP contribution in [0.15, 0.2) is 45.9 Å². The van der Waals surface area contributed by atoms with Crippen LogP contribution in [0.2, 0.25) is 5.02 Å². The molecule has 0 bridgehead atoms. The highest BCUT2D eigenvalue weighted by atomic mass is 35.5. The largest absolute Gasteiger partial charge is 0.484 e. The average molecular weight is 419 g/mol. The molecular formula is C20H20ClFN4O3. The molecule has 1 N–H and O–H groups in total. The van der Waals surface area contributed by atoms with Crippen molar-refractivity contribution in [1.29, 1.82) is 0 Å². The fourth-order valence-corrected chi connectivity index (χ4v) is 2.74. The molecule has 0 fully saturated rings. The lowest BCUT2D eigenvalue weighted by molar-refractivity contribution is 0.0945. The number of amides is 1. The monoisotopic (exact) mass is 418 g/mol. The smallest absolute Gasteiger partial charge is 0.271 e. The van der Waals surface area contributed by atoms with E-state index >= 15 is 0 Å². The first-order valence-corrected chi connectivity index (χ1v) is 9.36. The van der Waals surface area contributed by atoms with Gasteiger partial charge >= 0.3 is 0 Å². The van der Waals surface area contributed by atoms with E-state index in [1.807, 2.05) is 6.92 Å². The van der Waals surface area contributed by atoms with E-state index < -0.39 is 5.82 Å². The molecule has 2 heterocycles. The van der Waals surface area contributed by atoms with Gasteiger partial charge in [0.2, 0.25) is 0 Å². The number of aromatic nitrogens is 2. The van der Waals surface area contributed by atoms with Gasteiger partial charge < -0.3 is 14.5 Å². The van der Waals surface area contributed by atoms with Gasteiger partial charge in [-0.2, -0.15) is 5.10 Å². The molecule has 1 aromatic carbocycles. The summed E-state index contributed by atoms with van der Waals surface area (Å²) in [6.45, 7) is 2.67. The lowest BCUT2D eigenvalue weighted by Crippen LogP contribution is -2.26. The van der Waals surface area contributed by atoms with E-state index in [-0.39, 0.29) is 17.5 Å². The number of hydrogen-bond acceptors (Lipinski definition) is 5. The van der Waals surface area contributed by atoms with Crippen molar-refractivity contribution in [2.24, 2.45) is 12.0 Å². The Hall–Kier alpha value is -3.13. The van der Waals surface area contributed by atoms with Gasteiger partial charge in [0.25, 0.3) is 5.91 Å². The summed E-state index contributed by atoms with van der Waals surface area (Å²) in [6, 6.07) is 7.36. The summed E-state index contributed by atoms with van der Waals surface area (Å²) in [6.07, 6.45) is 3.85. The molecule has 7 nitrogen and oxygen atoms in total. The van der Waals surface area contributed by atoms with E-state index in [0.29, 0.717) is 35.2 Å². The highest BCUT2D eigenvalue weighted by Crippen LogP contribution is 2.26. The topological polar surface area (TPSA) is 81.7 Å². The molecule has 29 heavy (non-hydrogen) atoms. The molecule has 0 spiro atoms. The van der Waals surface area contributed by atoms with Crippen LogP contribution in [0.3, 0.4) is 0 Å². The predicted molar refractivity (Wildman–Crippen MR) is 108 cm³/mol. The highest BCUT2D eigenvalue weighted by molar-refractivity contribution is 6.32. The lowest BCUT2D eigenvalue weighted by atomic mass is 10.3. The van der Waals surface area contributed by atoms with Gasteiger partial charge in [0.15, 0.2) is 5.69 Å². The van der Waals surface area contributed by atoms with Gasteiger partial charge in [-0.1, -0.05) is 18.5 Å². The van der Waals surface area contributed by atoms with Crippen molar-refractivity contribution in [1.82, 2.24) is 15.1 Å². The molecule has 152 valence electrons. The Balaban J connectivity index is 1.66. The molecular weight excluding hydrogens is 399 g/mol. The van der Waals surface area contributed by atoms with Gasteiger partial charge in [-0.25, -0.2) is 9.38 Å². The first kappa shape index (κ1) is 20.6. The van der Waals surface area contributed by atoms with Crippen LogP contribution in [-0.2, 0) is 13.7 Å². The van der Waals surface area contributed by atoms with E-state index in [2.05, 4.69) is 15.4 Å². The summed E-state index contributed by atoms with van der Waals surface area (Å²) in [7, 11) is 1.68. The van der Waals surface area contributed by atoms with E-state index in [9.17, 15) is 9.18 Å². The van der Waals surface area contributed by atoms with E-state index in [1.165, 1.54) is 35.3 Å². The Morgan fingerprint density at radius 2 is 2.24 bits per heavy atom. The maximum Gasteiger partial charge on any atom is 0.271 e. The summed E-state index contributed by atoms with van der Waals surface area (Å²) in [5, 5.41) is 7.09. The molecule has 0 aliphatic carbocycles. The Morgan fingerprint density at radius 3 is 3.00 bits per heavy atom. The number of halogens is 2. The van der Waals surface area contributed by atoms with Crippen LogP contribution in [0.25, 0.3) is 0 Å². The maximum absolute atomic E-state index is 13.1. The molecule has 0 saturated heterocycles. The van der Waals surface area contributed by atoms with Crippen LogP contribution in [-0.4, -0.2) is 28.4 Å². The highest BCUT2D eigenvalue weighted by Gasteiger charge is 2.16. The Bertz CT molecular complexity index is 1030. The Kier molecular flexibility index (Phi) is 6.66. The first-order valence-electron chi connectivity index (χ1n) is 8.98. The molecule has 0 aliphatic heterocycles. The minimum Gasteiger partial charge on any atom is -0.484 e. The number of carbonyl (C=O) groups is 1. The molecule has 3 rings (SSSR count). The van der Waals surface area contributed by atoms with Crippen molar-refractivity contribution in [3.8, 4) is 5.75 Å². The fraction of sp³-hybridized carbons (Fsp3) is 0.250. The number of furan rings is 1. The number of hydrogen-bond donors (Lipinski definition) is 1. The summed E-state index contributed by atoms with van der Waals surface area (Å²) in [4.78, 5) is 16.6. The molecule has 2 aromatic heterocycles. The number of ether oxygens (including phenoxy) is 1. The second-order valence-corrected chi connectivity index (χ2v) is 6.59. The summed E-state index contributed by atoms with van der Waals surface area (Å²) >= 11 is 5.94. The maximum atomic E-state index is 13.1. The van der Waals surface area contributed by atoms with Crippen LogP contribution in [0.5, 0.6) is 5.75 Å². The standard InChI is InChI=1S/C20H20ClFN4O3/c1-3-8-23-20(27)19-17(11-25-26(19)2)24-10-14-5-6-15(29-14)12-28-18-7-4-13(22)9-16(18)21/h4-7,9-11H,3,8,12H2,1-2H3,(H,23,27). The van der Waals surface area contributed by atoms with E-state index in [0.717, 1.165) is 6.42 Å². The second kappa shape index (κ2) is 9.38. The van der Waals surface area contributed by atoms with Gasteiger partial charge in [-0.15, -0.1) is 0 Å². The quantitative estimate of drug-likeness (QED) is 0.554. The normalized spacial score (nSPS) is 11.2. The zero-order chi connectivity index (χ0) is 20.8. The van der Waals surface area contributed by atoms with Crippen molar-refractivity contribution >= 4 is 29.4 Å². The zero-order valence-corrected chi connectivity index (χ0v) is 16.7. The predicted octanol–water partition coefficient (Wildman–Crippen LogP) is 4.28. The minimum atomic E-state index is -0.433. The van der Waals surface area contributed by atoms with E-state index in [4.69, 9.17) is 20.8 Å². The van der Waals surface area contributed by atoms with Crippen LogP contribution in [0.1, 0.15) is 35.4 Å². The number of rotatable bonds is 8. The molecule has 0 saturated carbocycles. The molecule has 0 radical (unpaired) electrons. The molecule has 0 aliphatic rings. The molecule has 0 atom stereocenters. The van der Waals surface area contributed by atoms with Crippen LogP contribution in [0.4, 0.5) is 10.1 Å². The number of benzene rings is 1. The summed E-state index contributed by atoms with van der Waals surface area (Å²) in [5.74, 6) is 0.718. The third-order valence-electron chi connectivity index (χ3n) is 3.95. The van der Waals surface area contributed by atoms with E-state index in [1.54, 1.807) is 19.2 Å². The fourth-order valence-electron chi connectivity index (χ4n) is 2.52. The summed E-state index contributed by atoms with van der Waals surface area (Å²) in [5.41, 5.74) is 0.809. The average Bonchev–Trinajstić information content (AvgIpc) is 3.30. The number of aryl methyl sites for hydroxylation is 1. The SMILES string of the molecule is CCCNC(=O)c1c(N=Cc2ccc(COc3ccc(F)cc3Cl)o2)cnn1C. The van der Waals surface area contributed by atoms with Crippen molar-refractivity contribution in [3.63, 3.8) is 0 Å². The van der Waals surface area contributed by atoms with Crippen LogP contribution >= 0.6 is 11.6 Å². The van der Waals surface area contributed by atoms with Gasteiger partial charge in [0, 0.05) is 13.6 Å². The molecule has 3 aromatic rings. The third-order valence-corrected chi connectivity index (χ3v) is 4.24. The third kappa shape index (κ3) is 5.23. The zero-order valence-electron chi connectivity index (χ0n) is 16.0. The Labute approximate surface area is 172 Å². The van der Waals surface area contributed by atoms with Gasteiger partial charge in [-0.3, -0.25) is 9.48 Å². The van der Waals surface area contributed by atoms with Gasteiger partial charge in [0.05, 0.1) is 17.4 Å². The van der Waals surface area contributed by atoms with Crippen molar-refractivity contribution in [2.45, 2.75) is 20.0 Å². The first-order chi connectivity index (χ1) is 14.0. The van der Waals surface area contributed by atoms with Gasteiger partial charge in [-0.05, 0) is 36.8 Å².